The van der Waals surface area contributed by atoms with E-state index in [0.29, 0.717) is 6.54 Å². The molecule has 0 spiro atoms. The minimum Gasteiger partial charge on any atom is -0.497 e. The van der Waals surface area contributed by atoms with E-state index in [2.05, 4.69) is 49.6 Å². The molecule has 8 heteroatoms. The molecule has 7 nitrogen and oxygen atoms in total. The number of aromatic nitrogens is 4. The zero-order valence-electron chi connectivity index (χ0n) is 19.1. The van der Waals surface area contributed by atoms with Gasteiger partial charge in [-0.3, -0.25) is 4.90 Å². The van der Waals surface area contributed by atoms with E-state index in [-0.39, 0.29) is 11.9 Å². The Kier molecular flexibility index (Phi) is 6.49. The van der Waals surface area contributed by atoms with E-state index in [1.807, 2.05) is 47.1 Å². The van der Waals surface area contributed by atoms with Crippen molar-refractivity contribution in [3.63, 3.8) is 0 Å². The van der Waals surface area contributed by atoms with Crippen LogP contribution in [0.3, 0.4) is 0 Å². The Morgan fingerprint density at radius 2 is 1.59 bits per heavy atom. The van der Waals surface area contributed by atoms with E-state index >= 15 is 0 Å². The molecular weight excluding hydrogens is 431 g/mol. The molecular formula is C26H27FN6O. The van der Waals surface area contributed by atoms with Gasteiger partial charge in [-0.2, -0.15) is 0 Å². The standard InChI is InChI=1S/C26H27FN6O/c1-34-24-13-7-21(8-14-24)25(26-28-29-30-33(26)19-20-5-3-2-4-6-20)32-17-15-31(16-18-32)23-11-9-22(27)10-12-23/h2-14,25H,15-19H2,1H3. The van der Waals surface area contributed by atoms with Gasteiger partial charge in [-0.15, -0.1) is 5.10 Å². The van der Waals surface area contributed by atoms with Crippen LogP contribution in [0.5, 0.6) is 5.75 Å². The van der Waals surface area contributed by atoms with Crippen LogP contribution < -0.4 is 9.64 Å². The molecule has 0 aliphatic carbocycles. The molecule has 5 rings (SSSR count). The predicted octanol–water partition coefficient (Wildman–Crippen LogP) is 3.78. The first-order valence-electron chi connectivity index (χ1n) is 11.4. The van der Waals surface area contributed by atoms with E-state index in [4.69, 9.17) is 4.74 Å². The van der Waals surface area contributed by atoms with Crippen molar-refractivity contribution in [1.82, 2.24) is 25.1 Å². The molecule has 1 aliphatic heterocycles. The van der Waals surface area contributed by atoms with Gasteiger partial charge in [0.1, 0.15) is 11.6 Å². The maximum absolute atomic E-state index is 13.4. The molecule has 34 heavy (non-hydrogen) atoms. The summed E-state index contributed by atoms with van der Waals surface area (Å²) in [7, 11) is 1.67. The van der Waals surface area contributed by atoms with Crippen molar-refractivity contribution in [3.05, 3.63) is 102 Å². The summed E-state index contributed by atoms with van der Waals surface area (Å²) in [5.41, 5.74) is 3.29. The number of tetrazole rings is 1. The summed E-state index contributed by atoms with van der Waals surface area (Å²) in [5.74, 6) is 1.41. The fourth-order valence-corrected chi connectivity index (χ4v) is 4.48. The molecule has 1 unspecified atom stereocenters. The topological polar surface area (TPSA) is 59.3 Å². The van der Waals surface area contributed by atoms with Gasteiger partial charge in [0.2, 0.25) is 0 Å². The number of anilines is 1. The lowest BCUT2D eigenvalue weighted by atomic mass is 10.0. The van der Waals surface area contributed by atoms with Gasteiger partial charge in [0.15, 0.2) is 5.82 Å². The smallest absolute Gasteiger partial charge is 0.173 e. The van der Waals surface area contributed by atoms with E-state index in [1.165, 1.54) is 12.1 Å². The minimum atomic E-state index is -0.216. The van der Waals surface area contributed by atoms with Crippen molar-refractivity contribution in [2.24, 2.45) is 0 Å². The Morgan fingerprint density at radius 1 is 0.882 bits per heavy atom. The van der Waals surface area contributed by atoms with Crippen LogP contribution >= 0.6 is 0 Å². The number of methoxy groups -OCH3 is 1. The lowest BCUT2D eigenvalue weighted by Crippen LogP contribution is -2.48. The van der Waals surface area contributed by atoms with Crippen LogP contribution in [0.15, 0.2) is 78.9 Å². The van der Waals surface area contributed by atoms with Crippen LogP contribution in [-0.2, 0) is 6.54 Å². The van der Waals surface area contributed by atoms with Crippen LogP contribution in [0.2, 0.25) is 0 Å². The number of hydrogen-bond acceptors (Lipinski definition) is 6. The van der Waals surface area contributed by atoms with Gasteiger partial charge >= 0.3 is 0 Å². The van der Waals surface area contributed by atoms with Crippen molar-refractivity contribution in [2.45, 2.75) is 12.6 Å². The van der Waals surface area contributed by atoms with Gasteiger partial charge in [0.05, 0.1) is 19.7 Å². The third-order valence-corrected chi connectivity index (χ3v) is 6.28. The van der Waals surface area contributed by atoms with Gasteiger partial charge in [-0.25, -0.2) is 9.07 Å². The molecule has 0 N–H and O–H groups in total. The summed E-state index contributed by atoms with van der Waals surface area (Å²) in [5, 5.41) is 12.8. The lowest BCUT2D eigenvalue weighted by molar-refractivity contribution is 0.201. The number of nitrogens with zero attached hydrogens (tertiary/aromatic N) is 6. The number of piperazine rings is 1. The first-order chi connectivity index (χ1) is 16.7. The summed E-state index contributed by atoms with van der Waals surface area (Å²) >= 11 is 0. The van der Waals surface area contributed by atoms with Gasteiger partial charge in [0.25, 0.3) is 0 Å². The highest BCUT2D eigenvalue weighted by atomic mass is 19.1. The Balaban J connectivity index is 1.42. The number of ether oxygens (including phenoxy) is 1. The first-order valence-corrected chi connectivity index (χ1v) is 11.4. The summed E-state index contributed by atoms with van der Waals surface area (Å²) in [4.78, 5) is 4.70. The van der Waals surface area contributed by atoms with Crippen LogP contribution in [-0.4, -0.2) is 58.4 Å². The van der Waals surface area contributed by atoms with Crippen LogP contribution in [0.4, 0.5) is 10.1 Å². The second-order valence-electron chi connectivity index (χ2n) is 8.36. The molecule has 0 amide bonds. The zero-order valence-corrected chi connectivity index (χ0v) is 19.1. The summed E-state index contributed by atoms with van der Waals surface area (Å²) in [6.45, 7) is 3.92. The van der Waals surface area contributed by atoms with Crippen LogP contribution in [0.25, 0.3) is 0 Å². The van der Waals surface area contributed by atoms with Crippen molar-refractivity contribution in [3.8, 4) is 5.75 Å². The molecule has 174 valence electrons. The average molecular weight is 459 g/mol. The Bertz CT molecular complexity index is 1190. The van der Waals surface area contributed by atoms with Crippen molar-refractivity contribution >= 4 is 5.69 Å². The third kappa shape index (κ3) is 4.77. The molecule has 1 aromatic heterocycles. The van der Waals surface area contributed by atoms with E-state index in [1.54, 1.807) is 7.11 Å². The summed E-state index contributed by atoms with van der Waals surface area (Å²) < 4.78 is 20.6. The number of benzene rings is 3. The molecule has 1 fully saturated rings. The zero-order chi connectivity index (χ0) is 23.3. The molecule has 1 aliphatic rings. The highest BCUT2D eigenvalue weighted by Crippen LogP contribution is 2.30. The fourth-order valence-electron chi connectivity index (χ4n) is 4.48. The molecule has 2 heterocycles. The number of hydrogen-bond donors (Lipinski definition) is 0. The minimum absolute atomic E-state index is 0.0972. The maximum Gasteiger partial charge on any atom is 0.173 e. The van der Waals surface area contributed by atoms with Gasteiger partial charge in [-0.1, -0.05) is 42.5 Å². The number of halogens is 1. The highest BCUT2D eigenvalue weighted by Gasteiger charge is 2.30. The van der Waals surface area contributed by atoms with Crippen molar-refractivity contribution in [1.29, 1.82) is 0 Å². The molecule has 3 aromatic carbocycles. The van der Waals surface area contributed by atoms with Crippen LogP contribution in [0.1, 0.15) is 23.0 Å². The number of rotatable bonds is 7. The fraction of sp³-hybridized carbons (Fsp3) is 0.269. The quantitative estimate of drug-likeness (QED) is 0.420. The normalized spacial score (nSPS) is 15.3. The molecule has 0 bridgehead atoms. The van der Waals surface area contributed by atoms with Crippen molar-refractivity contribution < 1.29 is 9.13 Å². The van der Waals surface area contributed by atoms with E-state index in [9.17, 15) is 4.39 Å². The molecule has 4 aromatic rings. The average Bonchev–Trinajstić information content (AvgIpc) is 3.33. The molecule has 1 atom stereocenters. The van der Waals surface area contributed by atoms with E-state index < -0.39 is 0 Å². The SMILES string of the molecule is COc1ccc(C(c2nnnn2Cc2ccccc2)N2CCN(c3ccc(F)cc3)CC2)cc1. The third-order valence-electron chi connectivity index (χ3n) is 6.28. The van der Waals surface area contributed by atoms with Crippen LogP contribution in [0, 0.1) is 5.82 Å². The van der Waals surface area contributed by atoms with E-state index in [0.717, 1.165) is 54.6 Å². The second-order valence-corrected chi connectivity index (χ2v) is 8.36. The van der Waals surface area contributed by atoms with Gasteiger partial charge in [-0.05, 0) is 58.0 Å². The highest BCUT2D eigenvalue weighted by molar-refractivity contribution is 5.47. The maximum atomic E-state index is 13.4. The lowest BCUT2D eigenvalue weighted by Gasteiger charge is -2.40. The summed E-state index contributed by atoms with van der Waals surface area (Å²) in [6.07, 6.45) is 0. The second kappa shape index (κ2) is 10.0. The Hall–Kier alpha value is -3.78. The summed E-state index contributed by atoms with van der Waals surface area (Å²) in [6, 6.07) is 24.9. The van der Waals surface area contributed by atoms with Crippen molar-refractivity contribution in [2.75, 3.05) is 38.2 Å². The predicted molar refractivity (Wildman–Crippen MR) is 128 cm³/mol. The van der Waals surface area contributed by atoms with Gasteiger partial charge in [0, 0.05) is 31.9 Å². The molecule has 0 radical (unpaired) electrons. The molecule has 0 saturated carbocycles. The molecule has 1 saturated heterocycles. The largest absolute Gasteiger partial charge is 0.497 e. The Morgan fingerprint density at radius 3 is 2.26 bits per heavy atom. The Labute approximate surface area is 198 Å². The monoisotopic (exact) mass is 458 g/mol. The first kappa shape index (κ1) is 22.0. The van der Waals surface area contributed by atoms with Gasteiger partial charge < -0.3 is 9.64 Å².